The summed E-state index contributed by atoms with van der Waals surface area (Å²) in [5, 5.41) is 15.2. The van der Waals surface area contributed by atoms with E-state index in [0.717, 1.165) is 5.56 Å². The van der Waals surface area contributed by atoms with Gasteiger partial charge in [0.2, 0.25) is 0 Å². The summed E-state index contributed by atoms with van der Waals surface area (Å²) < 4.78 is 20.0. The highest BCUT2D eigenvalue weighted by atomic mass is 35.5. The van der Waals surface area contributed by atoms with Crippen LogP contribution in [0, 0.1) is 12.7 Å². The van der Waals surface area contributed by atoms with E-state index in [1.165, 1.54) is 23.1 Å². The van der Waals surface area contributed by atoms with Crippen LogP contribution in [0.1, 0.15) is 31.0 Å². The molecule has 0 aromatic heterocycles. The van der Waals surface area contributed by atoms with Crippen LogP contribution >= 0.6 is 11.6 Å². The third-order valence-electron chi connectivity index (χ3n) is 4.88. The number of carbonyl (C=O) groups is 2. The molecule has 0 aliphatic carbocycles. The monoisotopic (exact) mass is 435 g/mol. The predicted octanol–water partition coefficient (Wildman–Crippen LogP) is 4.70. The van der Waals surface area contributed by atoms with Gasteiger partial charge >= 0.3 is 12.1 Å². The number of halogens is 2. The van der Waals surface area contributed by atoms with Crippen LogP contribution in [0.4, 0.5) is 25.4 Å². The average molecular weight is 436 g/mol. The summed E-state index contributed by atoms with van der Waals surface area (Å²) >= 11 is 5.93. The molecule has 1 unspecified atom stereocenters. The normalized spacial score (nSPS) is 17.6. The first-order valence-corrected chi connectivity index (χ1v) is 9.74. The molecule has 3 rings (SSSR count). The highest BCUT2D eigenvalue weighted by molar-refractivity contribution is 6.30. The first-order chi connectivity index (χ1) is 14.1. The van der Waals surface area contributed by atoms with E-state index in [1.54, 1.807) is 32.0 Å². The van der Waals surface area contributed by atoms with Gasteiger partial charge in [0.05, 0.1) is 6.61 Å². The Balaban J connectivity index is 1.84. The second-order valence-electron chi connectivity index (χ2n) is 7.57. The van der Waals surface area contributed by atoms with Gasteiger partial charge in [0.15, 0.2) is 0 Å². The van der Waals surface area contributed by atoms with E-state index >= 15 is 0 Å². The average Bonchev–Trinajstić information content (AvgIpc) is 2.87. The highest BCUT2D eigenvalue weighted by Gasteiger charge is 2.49. The van der Waals surface area contributed by atoms with E-state index in [0.29, 0.717) is 16.4 Å². The maximum Gasteiger partial charge on any atom is 0.411 e. The van der Waals surface area contributed by atoms with Crippen molar-refractivity contribution in [3.63, 3.8) is 0 Å². The van der Waals surface area contributed by atoms with Gasteiger partial charge in [0, 0.05) is 28.5 Å². The standard InChI is InChI=1S/C21H23ClFN3O4/c1-12-10-13(22)4-7-17(12)25-19(28)24-14-5-6-16(23)15(11-14)18-21(2,3)30-20(29)26(18)8-9-27/h4-7,10-11,18,27H,8-9H2,1-3H3,(H2,24,25,28). The summed E-state index contributed by atoms with van der Waals surface area (Å²) in [6, 6.07) is 7.90. The largest absolute Gasteiger partial charge is 0.441 e. The Labute approximate surface area is 178 Å². The summed E-state index contributed by atoms with van der Waals surface area (Å²) in [7, 11) is 0. The summed E-state index contributed by atoms with van der Waals surface area (Å²) in [6.07, 6.45) is -0.632. The highest BCUT2D eigenvalue weighted by Crippen LogP contribution is 2.42. The molecule has 0 spiro atoms. The first kappa shape index (κ1) is 21.9. The summed E-state index contributed by atoms with van der Waals surface area (Å²) in [5.41, 5.74) is 0.883. The van der Waals surface area contributed by atoms with Crippen molar-refractivity contribution in [3.05, 3.63) is 58.4 Å². The number of carbonyl (C=O) groups excluding carboxylic acids is 2. The molecular formula is C21H23ClFN3O4. The van der Waals surface area contributed by atoms with Gasteiger partial charge < -0.3 is 20.5 Å². The number of anilines is 2. The Bertz CT molecular complexity index is 983. The number of rotatable bonds is 5. The molecule has 1 atom stereocenters. The van der Waals surface area contributed by atoms with E-state index in [9.17, 15) is 19.1 Å². The number of nitrogens with zero attached hydrogens (tertiary/aromatic N) is 1. The van der Waals surface area contributed by atoms with E-state index < -0.39 is 29.6 Å². The Hall–Kier alpha value is -2.84. The molecule has 0 saturated carbocycles. The molecule has 2 aromatic rings. The predicted molar refractivity (Wildman–Crippen MR) is 112 cm³/mol. The topological polar surface area (TPSA) is 90.9 Å². The van der Waals surface area contributed by atoms with Gasteiger partial charge in [-0.25, -0.2) is 14.0 Å². The van der Waals surface area contributed by atoms with E-state index in [2.05, 4.69) is 10.6 Å². The van der Waals surface area contributed by atoms with Gasteiger partial charge in [-0.15, -0.1) is 0 Å². The van der Waals surface area contributed by atoms with E-state index in [1.807, 2.05) is 6.92 Å². The molecule has 3 N–H and O–H groups in total. The number of aliphatic hydroxyl groups excluding tert-OH is 1. The number of ether oxygens (including phenoxy) is 1. The van der Waals surface area contributed by atoms with Gasteiger partial charge in [-0.2, -0.15) is 0 Å². The lowest BCUT2D eigenvalue weighted by Crippen LogP contribution is -2.36. The van der Waals surface area contributed by atoms with Crippen LogP contribution in [0.25, 0.3) is 0 Å². The van der Waals surface area contributed by atoms with Gasteiger partial charge in [-0.1, -0.05) is 11.6 Å². The molecule has 1 heterocycles. The smallest absolute Gasteiger partial charge is 0.411 e. The fourth-order valence-corrected chi connectivity index (χ4v) is 3.80. The van der Waals surface area contributed by atoms with Crippen LogP contribution in [-0.2, 0) is 4.74 Å². The zero-order valence-corrected chi connectivity index (χ0v) is 17.6. The minimum atomic E-state index is -1.02. The molecule has 160 valence electrons. The third-order valence-corrected chi connectivity index (χ3v) is 5.12. The minimum Gasteiger partial charge on any atom is -0.441 e. The van der Waals surface area contributed by atoms with Crippen molar-refractivity contribution in [1.82, 2.24) is 4.90 Å². The Morgan fingerprint density at radius 2 is 2.00 bits per heavy atom. The fraction of sp³-hybridized carbons (Fsp3) is 0.333. The number of nitrogens with one attached hydrogen (secondary N) is 2. The van der Waals surface area contributed by atoms with Crippen LogP contribution in [0.3, 0.4) is 0 Å². The number of aliphatic hydroxyl groups is 1. The van der Waals surface area contributed by atoms with Gasteiger partial charge in [0.1, 0.15) is 17.5 Å². The quantitative estimate of drug-likeness (QED) is 0.635. The lowest BCUT2D eigenvalue weighted by Gasteiger charge is -2.29. The molecule has 30 heavy (non-hydrogen) atoms. The molecule has 9 heteroatoms. The van der Waals surface area contributed by atoms with E-state index in [-0.39, 0.29) is 18.7 Å². The lowest BCUT2D eigenvalue weighted by molar-refractivity contribution is 0.0664. The number of hydrogen-bond acceptors (Lipinski definition) is 4. The summed E-state index contributed by atoms with van der Waals surface area (Å²) in [5.74, 6) is -0.547. The first-order valence-electron chi connectivity index (χ1n) is 9.36. The lowest BCUT2D eigenvalue weighted by atomic mass is 9.91. The van der Waals surface area contributed by atoms with Gasteiger partial charge in [-0.3, -0.25) is 4.90 Å². The number of amides is 3. The van der Waals surface area contributed by atoms with Crippen molar-refractivity contribution in [2.45, 2.75) is 32.4 Å². The Kier molecular flexibility index (Phi) is 6.19. The SMILES string of the molecule is Cc1cc(Cl)ccc1NC(=O)Nc1ccc(F)c(C2N(CCO)C(=O)OC2(C)C)c1. The summed E-state index contributed by atoms with van der Waals surface area (Å²) in [6.45, 7) is 4.86. The Morgan fingerprint density at radius 1 is 1.27 bits per heavy atom. The van der Waals surface area contributed by atoms with Gasteiger partial charge in [0.25, 0.3) is 0 Å². The van der Waals surface area contributed by atoms with Crippen molar-refractivity contribution < 1.29 is 23.8 Å². The molecule has 3 amide bonds. The molecular weight excluding hydrogens is 413 g/mol. The number of benzene rings is 2. The number of cyclic esters (lactones) is 1. The van der Waals surface area contributed by atoms with Crippen molar-refractivity contribution >= 4 is 35.1 Å². The molecule has 1 aliphatic heterocycles. The minimum absolute atomic E-state index is 0.000353. The number of β-amino-alcohol motifs (C(OH)–C–C–N with tert-alkyl or cyclic N) is 1. The van der Waals surface area contributed by atoms with Crippen LogP contribution in [0.2, 0.25) is 5.02 Å². The van der Waals surface area contributed by atoms with Crippen LogP contribution in [-0.4, -0.2) is 40.9 Å². The fourth-order valence-electron chi connectivity index (χ4n) is 3.57. The maximum absolute atomic E-state index is 14.7. The van der Waals surface area contributed by atoms with Crippen molar-refractivity contribution in [2.24, 2.45) is 0 Å². The molecule has 0 radical (unpaired) electrons. The van der Waals surface area contributed by atoms with Crippen LogP contribution < -0.4 is 10.6 Å². The number of urea groups is 1. The summed E-state index contributed by atoms with van der Waals surface area (Å²) in [4.78, 5) is 25.9. The maximum atomic E-state index is 14.7. The van der Waals surface area contributed by atoms with Crippen LogP contribution in [0.15, 0.2) is 36.4 Å². The molecule has 1 aliphatic rings. The molecule has 7 nitrogen and oxygen atoms in total. The molecule has 1 fully saturated rings. The van der Waals surface area contributed by atoms with Crippen LogP contribution in [0.5, 0.6) is 0 Å². The second kappa shape index (κ2) is 8.49. The van der Waals surface area contributed by atoms with Crippen molar-refractivity contribution in [1.29, 1.82) is 0 Å². The number of aryl methyl sites for hydroxylation is 1. The Morgan fingerprint density at radius 3 is 2.67 bits per heavy atom. The molecule has 1 saturated heterocycles. The molecule has 0 bridgehead atoms. The van der Waals surface area contributed by atoms with Crippen molar-refractivity contribution in [2.75, 3.05) is 23.8 Å². The van der Waals surface area contributed by atoms with E-state index in [4.69, 9.17) is 16.3 Å². The molecule has 2 aromatic carbocycles. The number of hydrogen-bond donors (Lipinski definition) is 3. The van der Waals surface area contributed by atoms with Crippen molar-refractivity contribution in [3.8, 4) is 0 Å². The zero-order chi connectivity index (χ0) is 22.1. The van der Waals surface area contributed by atoms with Gasteiger partial charge in [-0.05, 0) is 62.7 Å². The zero-order valence-electron chi connectivity index (χ0n) is 16.8. The second-order valence-corrected chi connectivity index (χ2v) is 8.00. The third kappa shape index (κ3) is 4.49.